The van der Waals surface area contributed by atoms with Crippen molar-refractivity contribution in [2.45, 2.75) is 26.3 Å². The number of rotatable bonds is 8. The molecular formula is C14H19F5O3Si. The lowest BCUT2D eigenvalue weighted by Crippen LogP contribution is -2.45. The summed E-state index contributed by atoms with van der Waals surface area (Å²) < 4.78 is 82.9. The topological polar surface area (TPSA) is 27.7 Å². The van der Waals surface area contributed by atoms with E-state index in [2.05, 4.69) is 0 Å². The molecule has 1 aromatic carbocycles. The highest BCUT2D eigenvalue weighted by atomic mass is 28.4. The zero-order chi connectivity index (χ0) is 17.8. The highest BCUT2D eigenvalue weighted by molar-refractivity contribution is 6.60. The van der Waals surface area contributed by atoms with Crippen molar-refractivity contribution in [3.63, 3.8) is 0 Å². The normalized spacial score (nSPS) is 13.4. The first-order valence-electron chi connectivity index (χ1n) is 6.97. The molecule has 0 saturated carbocycles. The van der Waals surface area contributed by atoms with Gasteiger partial charge in [-0.15, -0.1) is 0 Å². The Balaban J connectivity index is 3.04. The highest BCUT2D eigenvalue weighted by Crippen LogP contribution is 2.28. The van der Waals surface area contributed by atoms with E-state index in [1.807, 2.05) is 0 Å². The van der Waals surface area contributed by atoms with Crippen LogP contribution in [0.3, 0.4) is 0 Å². The second-order valence-corrected chi connectivity index (χ2v) is 7.97. The second-order valence-electron chi connectivity index (χ2n) is 5.09. The number of hydrogen-bond donors (Lipinski definition) is 0. The predicted molar refractivity (Wildman–Crippen MR) is 75.3 cm³/mol. The Labute approximate surface area is 132 Å². The zero-order valence-corrected chi connectivity index (χ0v) is 14.3. The predicted octanol–water partition coefficient (Wildman–Crippen LogP) is 3.83. The first-order valence-corrected chi connectivity index (χ1v) is 8.90. The molecule has 0 aliphatic carbocycles. The van der Waals surface area contributed by atoms with Gasteiger partial charge in [-0.25, -0.2) is 22.0 Å². The van der Waals surface area contributed by atoms with Crippen LogP contribution in [0.15, 0.2) is 0 Å². The molecule has 0 spiro atoms. The first-order chi connectivity index (χ1) is 10.7. The van der Waals surface area contributed by atoms with Crippen LogP contribution in [-0.4, -0.2) is 29.6 Å². The summed E-state index contributed by atoms with van der Waals surface area (Å²) in [5.41, 5.74) is -0.847. The van der Waals surface area contributed by atoms with E-state index in [0.29, 0.717) is 6.61 Å². The van der Waals surface area contributed by atoms with Crippen LogP contribution in [0.4, 0.5) is 22.0 Å². The SMILES string of the molecule is CCO[Si](CC(C)Cc1c(F)c(F)c(F)c(F)c1F)(OC)OC. The van der Waals surface area contributed by atoms with E-state index in [-0.39, 0.29) is 12.5 Å². The average molecular weight is 358 g/mol. The summed E-state index contributed by atoms with van der Waals surface area (Å²) in [5, 5.41) is 0. The molecule has 132 valence electrons. The first kappa shape index (κ1) is 20.0. The molecule has 1 aromatic rings. The van der Waals surface area contributed by atoms with Crippen LogP contribution >= 0.6 is 0 Å². The van der Waals surface area contributed by atoms with Crippen molar-refractivity contribution in [1.82, 2.24) is 0 Å². The van der Waals surface area contributed by atoms with Gasteiger partial charge in [-0.05, 0) is 19.3 Å². The van der Waals surface area contributed by atoms with E-state index in [1.54, 1.807) is 13.8 Å². The minimum absolute atomic E-state index is 0.174. The van der Waals surface area contributed by atoms with Gasteiger partial charge in [0, 0.05) is 32.4 Å². The van der Waals surface area contributed by atoms with E-state index >= 15 is 0 Å². The van der Waals surface area contributed by atoms with E-state index in [4.69, 9.17) is 13.3 Å². The Morgan fingerprint density at radius 1 is 0.870 bits per heavy atom. The van der Waals surface area contributed by atoms with Gasteiger partial charge in [-0.1, -0.05) is 6.92 Å². The largest absolute Gasteiger partial charge is 0.500 e. The van der Waals surface area contributed by atoms with Gasteiger partial charge in [-0.3, -0.25) is 0 Å². The van der Waals surface area contributed by atoms with E-state index in [9.17, 15) is 22.0 Å². The fourth-order valence-electron chi connectivity index (χ4n) is 2.32. The smallest absolute Gasteiger partial charge is 0.377 e. The molecule has 0 aliphatic heterocycles. The van der Waals surface area contributed by atoms with Gasteiger partial charge in [0.1, 0.15) is 0 Å². The molecule has 23 heavy (non-hydrogen) atoms. The standard InChI is InChI=1S/C14H19F5O3Si/c1-5-22-23(20-3,21-4)7-8(2)6-9-10(15)12(17)14(19)13(18)11(9)16/h8H,5-7H2,1-4H3. The Bertz CT molecular complexity index is 523. The lowest BCUT2D eigenvalue weighted by Gasteiger charge is -2.28. The van der Waals surface area contributed by atoms with Gasteiger partial charge in [0.2, 0.25) is 5.82 Å². The van der Waals surface area contributed by atoms with Crippen molar-refractivity contribution in [3.8, 4) is 0 Å². The summed E-state index contributed by atoms with van der Waals surface area (Å²) in [5.74, 6) is -10.2. The average Bonchev–Trinajstić information content (AvgIpc) is 2.54. The van der Waals surface area contributed by atoms with Crippen molar-refractivity contribution < 1.29 is 35.2 Å². The molecule has 1 unspecified atom stereocenters. The summed E-state index contributed by atoms with van der Waals surface area (Å²) in [6.45, 7) is 3.63. The molecule has 3 nitrogen and oxygen atoms in total. The number of halogens is 5. The third kappa shape index (κ3) is 4.28. The van der Waals surface area contributed by atoms with Crippen molar-refractivity contribution >= 4 is 8.80 Å². The fraction of sp³-hybridized carbons (Fsp3) is 0.571. The molecule has 9 heteroatoms. The minimum atomic E-state index is -3.04. The molecule has 1 rings (SSSR count). The fourth-order valence-corrected chi connectivity index (χ4v) is 4.61. The lowest BCUT2D eigenvalue weighted by atomic mass is 10.0. The molecule has 0 bridgehead atoms. The van der Waals surface area contributed by atoms with Gasteiger partial charge < -0.3 is 13.3 Å². The molecule has 0 aromatic heterocycles. The van der Waals surface area contributed by atoms with E-state index < -0.39 is 49.4 Å². The third-order valence-corrected chi connectivity index (χ3v) is 6.61. The Morgan fingerprint density at radius 3 is 1.70 bits per heavy atom. The molecular weight excluding hydrogens is 339 g/mol. The Kier molecular flexibility index (Phi) is 7.12. The summed E-state index contributed by atoms with van der Waals surface area (Å²) >= 11 is 0. The maximum atomic E-state index is 13.7. The van der Waals surface area contributed by atoms with Crippen LogP contribution in [0.1, 0.15) is 19.4 Å². The van der Waals surface area contributed by atoms with Crippen LogP contribution in [0.25, 0.3) is 0 Å². The van der Waals surface area contributed by atoms with Gasteiger partial charge in [0.05, 0.1) is 0 Å². The maximum Gasteiger partial charge on any atom is 0.500 e. The van der Waals surface area contributed by atoms with Gasteiger partial charge >= 0.3 is 8.80 Å². The molecule has 0 aliphatic rings. The summed E-state index contributed by atoms with van der Waals surface area (Å²) in [7, 11) is -0.269. The molecule has 0 heterocycles. The number of benzene rings is 1. The van der Waals surface area contributed by atoms with Crippen molar-refractivity contribution in [3.05, 3.63) is 34.6 Å². The van der Waals surface area contributed by atoms with Crippen LogP contribution in [0.2, 0.25) is 6.04 Å². The van der Waals surface area contributed by atoms with E-state index in [0.717, 1.165) is 0 Å². The second kappa shape index (κ2) is 8.18. The van der Waals surface area contributed by atoms with Gasteiger partial charge in [-0.2, -0.15) is 0 Å². The molecule has 0 saturated heterocycles. The quantitative estimate of drug-likeness (QED) is 0.306. The van der Waals surface area contributed by atoms with Crippen molar-refractivity contribution in [1.29, 1.82) is 0 Å². The summed E-state index contributed by atoms with van der Waals surface area (Å²) in [4.78, 5) is 0. The minimum Gasteiger partial charge on any atom is -0.377 e. The third-order valence-electron chi connectivity index (χ3n) is 3.44. The van der Waals surface area contributed by atoms with Crippen molar-refractivity contribution in [2.75, 3.05) is 20.8 Å². The Hall–Kier alpha value is -1.03. The van der Waals surface area contributed by atoms with Gasteiger partial charge in [0.15, 0.2) is 23.3 Å². The van der Waals surface area contributed by atoms with Crippen LogP contribution < -0.4 is 0 Å². The molecule has 1 atom stereocenters. The molecule has 0 N–H and O–H groups in total. The summed E-state index contributed by atoms with van der Waals surface area (Å²) in [6, 6.07) is 0.174. The van der Waals surface area contributed by atoms with Crippen LogP contribution in [-0.2, 0) is 19.7 Å². The van der Waals surface area contributed by atoms with Crippen molar-refractivity contribution in [2.24, 2.45) is 5.92 Å². The Morgan fingerprint density at radius 2 is 1.30 bits per heavy atom. The molecule has 0 amide bonds. The maximum absolute atomic E-state index is 13.7. The van der Waals surface area contributed by atoms with Gasteiger partial charge in [0.25, 0.3) is 0 Å². The monoisotopic (exact) mass is 358 g/mol. The highest BCUT2D eigenvalue weighted by Gasteiger charge is 2.40. The molecule has 0 fully saturated rings. The molecule has 0 radical (unpaired) electrons. The van der Waals surface area contributed by atoms with E-state index in [1.165, 1.54) is 14.2 Å². The van der Waals surface area contributed by atoms with Crippen LogP contribution in [0.5, 0.6) is 0 Å². The lowest BCUT2D eigenvalue weighted by molar-refractivity contribution is 0.0994. The van der Waals surface area contributed by atoms with Crippen LogP contribution in [0, 0.1) is 35.0 Å². The zero-order valence-electron chi connectivity index (χ0n) is 13.3. The number of hydrogen-bond acceptors (Lipinski definition) is 3. The summed E-state index contributed by atoms with van der Waals surface area (Å²) in [6.07, 6.45) is -0.361.